The molecule has 3 rings (SSSR count). The molecule has 0 heterocycles. The van der Waals surface area contributed by atoms with Crippen LogP contribution >= 0.6 is 11.6 Å². The molecule has 3 aromatic rings. The van der Waals surface area contributed by atoms with Crippen molar-refractivity contribution in [1.82, 2.24) is 0 Å². The minimum absolute atomic E-state index is 0.00874. The summed E-state index contributed by atoms with van der Waals surface area (Å²) in [5.74, 6) is 0.335. The summed E-state index contributed by atoms with van der Waals surface area (Å²) in [5.41, 5.74) is 3.23. The standard InChI is InChI=1S/C22H20ClNO3/c1-14-12-19(25)21(15(2)20(14)23)24-22(26)17-8-10-18(11-9-17)27-13-16-6-4-3-5-7-16/h3-12,25H,13H2,1-2H3,(H,24,26). The van der Waals surface area contributed by atoms with Gasteiger partial charge in [-0.25, -0.2) is 0 Å². The summed E-state index contributed by atoms with van der Waals surface area (Å²) in [5, 5.41) is 13.4. The molecule has 0 radical (unpaired) electrons. The number of aromatic hydroxyl groups is 1. The average Bonchev–Trinajstić information content (AvgIpc) is 2.69. The lowest BCUT2D eigenvalue weighted by Gasteiger charge is -2.14. The third kappa shape index (κ3) is 4.41. The fraction of sp³-hybridized carbons (Fsp3) is 0.136. The fourth-order valence-corrected chi connectivity index (χ4v) is 2.87. The first-order valence-corrected chi connectivity index (χ1v) is 8.90. The van der Waals surface area contributed by atoms with Crippen molar-refractivity contribution in [2.45, 2.75) is 20.5 Å². The second kappa shape index (κ2) is 8.14. The van der Waals surface area contributed by atoms with Gasteiger partial charge in [0.25, 0.3) is 5.91 Å². The molecule has 138 valence electrons. The van der Waals surface area contributed by atoms with E-state index in [4.69, 9.17) is 16.3 Å². The highest BCUT2D eigenvalue weighted by atomic mass is 35.5. The van der Waals surface area contributed by atoms with Crippen LogP contribution in [0, 0.1) is 13.8 Å². The van der Waals surface area contributed by atoms with Gasteiger partial charge >= 0.3 is 0 Å². The van der Waals surface area contributed by atoms with Crippen molar-refractivity contribution < 1.29 is 14.6 Å². The Morgan fingerprint density at radius 2 is 1.74 bits per heavy atom. The summed E-state index contributed by atoms with van der Waals surface area (Å²) in [6.07, 6.45) is 0. The largest absolute Gasteiger partial charge is 0.506 e. The third-order valence-corrected chi connectivity index (χ3v) is 4.84. The lowest BCUT2D eigenvalue weighted by molar-refractivity contribution is 0.102. The zero-order valence-electron chi connectivity index (χ0n) is 15.1. The van der Waals surface area contributed by atoms with E-state index < -0.39 is 0 Å². The van der Waals surface area contributed by atoms with Gasteiger partial charge in [-0.15, -0.1) is 0 Å². The third-order valence-electron chi connectivity index (χ3n) is 4.26. The number of halogens is 1. The lowest BCUT2D eigenvalue weighted by atomic mass is 10.1. The molecule has 0 aliphatic carbocycles. The summed E-state index contributed by atoms with van der Waals surface area (Å²) in [6, 6.07) is 18.2. The Kier molecular flexibility index (Phi) is 5.67. The SMILES string of the molecule is Cc1cc(O)c(NC(=O)c2ccc(OCc3ccccc3)cc2)c(C)c1Cl. The number of hydrogen-bond acceptors (Lipinski definition) is 3. The summed E-state index contributed by atoms with van der Waals surface area (Å²) < 4.78 is 5.72. The number of phenols is 1. The Balaban J connectivity index is 1.69. The van der Waals surface area contributed by atoms with Crippen LogP contribution in [0.2, 0.25) is 5.02 Å². The molecule has 0 spiro atoms. The van der Waals surface area contributed by atoms with E-state index in [0.29, 0.717) is 34.2 Å². The van der Waals surface area contributed by atoms with Gasteiger partial charge in [-0.3, -0.25) is 4.79 Å². The molecule has 0 saturated heterocycles. The van der Waals surface area contributed by atoms with E-state index in [9.17, 15) is 9.90 Å². The van der Waals surface area contributed by atoms with Crippen LogP contribution in [0.15, 0.2) is 60.7 Å². The molecular formula is C22H20ClNO3. The van der Waals surface area contributed by atoms with Gasteiger partial charge in [-0.05, 0) is 60.9 Å². The van der Waals surface area contributed by atoms with E-state index in [2.05, 4.69) is 5.32 Å². The number of carbonyl (C=O) groups is 1. The highest BCUT2D eigenvalue weighted by Crippen LogP contribution is 2.35. The Hall–Kier alpha value is -2.98. The smallest absolute Gasteiger partial charge is 0.255 e. The second-order valence-corrected chi connectivity index (χ2v) is 6.66. The molecule has 1 amide bonds. The van der Waals surface area contributed by atoms with Crippen molar-refractivity contribution in [2.24, 2.45) is 0 Å². The Labute approximate surface area is 163 Å². The average molecular weight is 382 g/mol. The van der Waals surface area contributed by atoms with Gasteiger partial charge in [0.05, 0.1) is 5.69 Å². The summed E-state index contributed by atoms with van der Waals surface area (Å²) in [4.78, 5) is 12.5. The Bertz CT molecular complexity index is 954. The molecule has 0 saturated carbocycles. The normalized spacial score (nSPS) is 10.5. The molecule has 2 N–H and O–H groups in total. The van der Waals surface area contributed by atoms with E-state index in [0.717, 1.165) is 11.1 Å². The molecule has 3 aromatic carbocycles. The zero-order valence-corrected chi connectivity index (χ0v) is 15.9. The first kappa shape index (κ1) is 18.8. The number of phenolic OH excluding ortho intramolecular Hbond substituents is 1. The first-order valence-electron chi connectivity index (χ1n) is 8.52. The van der Waals surface area contributed by atoms with Gasteiger partial charge in [0, 0.05) is 10.6 Å². The second-order valence-electron chi connectivity index (χ2n) is 6.28. The highest BCUT2D eigenvalue weighted by molar-refractivity contribution is 6.32. The predicted octanol–water partition coefficient (Wildman–Crippen LogP) is 5.49. The van der Waals surface area contributed by atoms with Crippen LogP contribution in [0.25, 0.3) is 0 Å². The van der Waals surface area contributed by atoms with Crippen molar-refractivity contribution >= 4 is 23.2 Å². The molecule has 5 heteroatoms. The van der Waals surface area contributed by atoms with Crippen LogP contribution in [0.1, 0.15) is 27.0 Å². The van der Waals surface area contributed by atoms with Crippen molar-refractivity contribution in [3.8, 4) is 11.5 Å². The van der Waals surface area contributed by atoms with Gasteiger partial charge in [0.15, 0.2) is 0 Å². The molecule has 4 nitrogen and oxygen atoms in total. The van der Waals surface area contributed by atoms with Crippen molar-refractivity contribution in [3.05, 3.63) is 87.9 Å². The van der Waals surface area contributed by atoms with Crippen LogP contribution < -0.4 is 10.1 Å². The Morgan fingerprint density at radius 1 is 1.07 bits per heavy atom. The number of ether oxygens (including phenoxy) is 1. The van der Waals surface area contributed by atoms with Gasteiger partial charge in [-0.2, -0.15) is 0 Å². The number of anilines is 1. The Morgan fingerprint density at radius 3 is 2.41 bits per heavy atom. The highest BCUT2D eigenvalue weighted by Gasteiger charge is 2.15. The van der Waals surface area contributed by atoms with Crippen LogP contribution in [0.5, 0.6) is 11.5 Å². The molecule has 0 aliphatic rings. The van der Waals surface area contributed by atoms with Crippen LogP contribution in [-0.4, -0.2) is 11.0 Å². The van der Waals surface area contributed by atoms with Gasteiger partial charge in [0.1, 0.15) is 18.1 Å². The van der Waals surface area contributed by atoms with E-state index in [-0.39, 0.29) is 11.7 Å². The minimum Gasteiger partial charge on any atom is -0.506 e. The maximum absolute atomic E-state index is 12.5. The van der Waals surface area contributed by atoms with Gasteiger partial charge < -0.3 is 15.2 Å². The number of amides is 1. The maximum Gasteiger partial charge on any atom is 0.255 e. The van der Waals surface area contributed by atoms with Crippen LogP contribution in [-0.2, 0) is 6.61 Å². The molecule has 0 fully saturated rings. The van der Waals surface area contributed by atoms with E-state index in [1.54, 1.807) is 38.1 Å². The van der Waals surface area contributed by atoms with E-state index in [1.165, 1.54) is 6.07 Å². The van der Waals surface area contributed by atoms with E-state index in [1.807, 2.05) is 30.3 Å². The molecule has 0 unspecified atom stereocenters. The number of rotatable bonds is 5. The van der Waals surface area contributed by atoms with Crippen LogP contribution in [0.4, 0.5) is 5.69 Å². The van der Waals surface area contributed by atoms with Crippen molar-refractivity contribution in [1.29, 1.82) is 0 Å². The first-order chi connectivity index (χ1) is 13.0. The van der Waals surface area contributed by atoms with Crippen LogP contribution in [0.3, 0.4) is 0 Å². The van der Waals surface area contributed by atoms with Gasteiger partial charge in [0.2, 0.25) is 0 Å². The molecule has 0 aliphatic heterocycles. The summed E-state index contributed by atoms with van der Waals surface area (Å²) in [6.45, 7) is 4.02. The van der Waals surface area contributed by atoms with Gasteiger partial charge in [-0.1, -0.05) is 41.9 Å². The summed E-state index contributed by atoms with van der Waals surface area (Å²) in [7, 11) is 0. The number of carbonyl (C=O) groups excluding carboxylic acids is 1. The zero-order chi connectivity index (χ0) is 19.4. The number of aryl methyl sites for hydroxylation is 1. The van der Waals surface area contributed by atoms with Crippen molar-refractivity contribution in [2.75, 3.05) is 5.32 Å². The molecule has 0 atom stereocenters. The topological polar surface area (TPSA) is 58.6 Å². The monoisotopic (exact) mass is 381 g/mol. The predicted molar refractivity (Wildman–Crippen MR) is 108 cm³/mol. The van der Waals surface area contributed by atoms with Crippen molar-refractivity contribution in [3.63, 3.8) is 0 Å². The molecule has 0 bridgehead atoms. The summed E-state index contributed by atoms with van der Waals surface area (Å²) >= 11 is 6.21. The number of benzene rings is 3. The molecule has 27 heavy (non-hydrogen) atoms. The quantitative estimate of drug-likeness (QED) is 0.574. The van der Waals surface area contributed by atoms with E-state index >= 15 is 0 Å². The lowest BCUT2D eigenvalue weighted by Crippen LogP contribution is -2.13. The molecular weight excluding hydrogens is 362 g/mol. The fourth-order valence-electron chi connectivity index (χ4n) is 2.73. The number of hydrogen-bond donors (Lipinski definition) is 2. The minimum atomic E-state index is -0.331. The molecule has 0 aromatic heterocycles. The number of nitrogens with one attached hydrogen (secondary N) is 1. The maximum atomic E-state index is 12.5.